The number of hydrogen-bond acceptors (Lipinski definition) is 3. The fraction of sp³-hybridized carbons (Fsp3) is 0.455. The minimum Gasteiger partial charge on any atom is -0.361 e. The van der Waals surface area contributed by atoms with Crippen LogP contribution in [-0.2, 0) is 16.0 Å². The van der Waals surface area contributed by atoms with Gasteiger partial charge in [0.1, 0.15) is 11.2 Å². The second kappa shape index (κ2) is 6.34. The van der Waals surface area contributed by atoms with E-state index in [1.165, 1.54) is 10.9 Å². The van der Waals surface area contributed by atoms with Gasteiger partial charge in [-0.15, -0.1) is 0 Å². The lowest BCUT2D eigenvalue weighted by Gasteiger charge is -2.45. The number of hydrogen-bond donors (Lipinski definition) is 1. The van der Waals surface area contributed by atoms with Crippen LogP contribution >= 0.6 is 0 Å². The van der Waals surface area contributed by atoms with E-state index in [-0.39, 0.29) is 17.7 Å². The number of fused-ring (bicyclic) bond motifs is 2. The second-order valence-corrected chi connectivity index (χ2v) is 7.78. The van der Waals surface area contributed by atoms with E-state index in [0.717, 1.165) is 23.1 Å². The van der Waals surface area contributed by atoms with Crippen LogP contribution in [0.25, 0.3) is 16.5 Å². The van der Waals surface area contributed by atoms with E-state index < -0.39 is 5.41 Å². The molecule has 4 rings (SSSR count). The van der Waals surface area contributed by atoms with E-state index in [9.17, 15) is 9.59 Å². The first-order chi connectivity index (χ1) is 12.9. The predicted molar refractivity (Wildman–Crippen MR) is 107 cm³/mol. The molecule has 142 valence electrons. The van der Waals surface area contributed by atoms with Gasteiger partial charge in [-0.05, 0) is 57.0 Å². The zero-order valence-electron chi connectivity index (χ0n) is 16.5. The number of rotatable bonds is 4. The highest BCUT2D eigenvalue weighted by atomic mass is 16.2. The molecule has 0 saturated carbocycles. The lowest BCUT2D eigenvalue weighted by molar-refractivity contribution is -0.147. The molecular weight excluding hydrogens is 338 g/mol. The molecule has 2 aromatic rings. The zero-order valence-corrected chi connectivity index (χ0v) is 16.5. The fourth-order valence-electron chi connectivity index (χ4n) is 4.82. The van der Waals surface area contributed by atoms with Crippen LogP contribution in [0.3, 0.4) is 0 Å². The molecule has 5 heteroatoms. The fourth-order valence-corrected chi connectivity index (χ4v) is 4.82. The van der Waals surface area contributed by atoms with Crippen LogP contribution in [0.15, 0.2) is 30.5 Å². The Labute approximate surface area is 160 Å². The van der Waals surface area contributed by atoms with E-state index in [4.69, 9.17) is 0 Å². The number of aromatic nitrogens is 1. The molecule has 1 aromatic carbocycles. The summed E-state index contributed by atoms with van der Waals surface area (Å²) in [4.78, 5) is 33.6. The summed E-state index contributed by atoms with van der Waals surface area (Å²) in [7, 11) is 2.03. The number of nitrogens with one attached hydrogen (secondary N) is 1. The van der Waals surface area contributed by atoms with Gasteiger partial charge in [-0.1, -0.05) is 18.2 Å². The SMILES string of the molecule is CCN(CC)C(=O)[C@]1(C(C)=O)C=C2c3cccc4[nH]cc(c34)C[C@H]2N(C)C1. The Morgan fingerprint density at radius 2 is 2.04 bits per heavy atom. The molecule has 5 nitrogen and oxygen atoms in total. The molecule has 0 bridgehead atoms. The first-order valence-electron chi connectivity index (χ1n) is 9.75. The summed E-state index contributed by atoms with van der Waals surface area (Å²) < 4.78 is 0. The van der Waals surface area contributed by atoms with Gasteiger partial charge in [0.05, 0.1) is 0 Å². The summed E-state index contributed by atoms with van der Waals surface area (Å²) in [6.07, 6.45) is 4.98. The van der Waals surface area contributed by atoms with E-state index in [1.54, 1.807) is 11.8 Å². The lowest BCUT2D eigenvalue weighted by atomic mass is 9.71. The first-order valence-corrected chi connectivity index (χ1v) is 9.75. The quantitative estimate of drug-likeness (QED) is 0.848. The van der Waals surface area contributed by atoms with Crippen molar-refractivity contribution in [3.05, 3.63) is 41.6 Å². The standard InChI is InChI=1S/C22H27N3O2/c1-5-25(6-2)21(27)22(14(3)26)11-17-16-8-7-9-18-20(16)15(12-23-18)10-19(17)24(4)13-22/h7-9,11-12,19,23H,5-6,10,13H2,1-4H3/t19-,22-/m1/s1. The number of likely N-dealkylation sites (N-methyl/N-ethyl adjacent to an activating group) is 1. The summed E-state index contributed by atoms with van der Waals surface area (Å²) in [6.45, 7) is 7.13. The molecule has 27 heavy (non-hydrogen) atoms. The summed E-state index contributed by atoms with van der Waals surface area (Å²) in [5.74, 6) is -0.158. The van der Waals surface area contributed by atoms with Crippen molar-refractivity contribution in [1.29, 1.82) is 0 Å². The molecule has 1 amide bonds. The largest absolute Gasteiger partial charge is 0.361 e. The molecule has 1 aliphatic carbocycles. The van der Waals surface area contributed by atoms with Crippen molar-refractivity contribution < 1.29 is 9.59 Å². The average molecular weight is 365 g/mol. The highest BCUT2D eigenvalue weighted by molar-refractivity contribution is 6.10. The molecule has 1 aliphatic heterocycles. The van der Waals surface area contributed by atoms with Crippen molar-refractivity contribution in [3.63, 3.8) is 0 Å². The zero-order chi connectivity index (χ0) is 19.3. The summed E-state index contributed by atoms with van der Waals surface area (Å²) in [6, 6.07) is 6.42. The van der Waals surface area contributed by atoms with Crippen LogP contribution in [0.1, 0.15) is 31.9 Å². The summed E-state index contributed by atoms with van der Waals surface area (Å²) in [5.41, 5.74) is 3.56. The molecule has 1 aromatic heterocycles. The molecule has 2 heterocycles. The van der Waals surface area contributed by atoms with Gasteiger partial charge in [-0.2, -0.15) is 0 Å². The first kappa shape index (κ1) is 18.0. The Balaban J connectivity index is 1.94. The monoisotopic (exact) mass is 365 g/mol. The Hall–Kier alpha value is -2.40. The summed E-state index contributed by atoms with van der Waals surface area (Å²) >= 11 is 0. The lowest BCUT2D eigenvalue weighted by Crippen LogP contribution is -2.57. The molecule has 2 aliphatic rings. The third kappa shape index (κ3) is 2.48. The van der Waals surface area contributed by atoms with E-state index in [1.807, 2.05) is 33.0 Å². The van der Waals surface area contributed by atoms with Crippen molar-refractivity contribution in [2.45, 2.75) is 33.2 Å². The number of aromatic amines is 1. The normalized spacial score (nSPS) is 24.4. The van der Waals surface area contributed by atoms with Crippen molar-refractivity contribution in [1.82, 2.24) is 14.8 Å². The van der Waals surface area contributed by atoms with Crippen molar-refractivity contribution in [2.75, 3.05) is 26.7 Å². The van der Waals surface area contributed by atoms with Crippen LogP contribution in [0, 0.1) is 5.41 Å². The van der Waals surface area contributed by atoms with Crippen molar-refractivity contribution in [2.24, 2.45) is 5.41 Å². The number of nitrogens with zero attached hydrogens (tertiary/aromatic N) is 2. The maximum Gasteiger partial charge on any atom is 0.241 e. The Kier molecular flexibility index (Phi) is 4.22. The number of benzene rings is 1. The molecule has 0 saturated heterocycles. The predicted octanol–water partition coefficient (Wildman–Crippen LogP) is 2.87. The van der Waals surface area contributed by atoms with Crippen LogP contribution in [0.2, 0.25) is 0 Å². The maximum atomic E-state index is 13.4. The van der Waals surface area contributed by atoms with Crippen molar-refractivity contribution >= 4 is 28.2 Å². The molecule has 0 unspecified atom stereocenters. The minimum atomic E-state index is -1.11. The van der Waals surface area contributed by atoms with Crippen LogP contribution in [0.4, 0.5) is 0 Å². The van der Waals surface area contributed by atoms with E-state index in [0.29, 0.717) is 19.6 Å². The Morgan fingerprint density at radius 1 is 1.30 bits per heavy atom. The topological polar surface area (TPSA) is 56.4 Å². The average Bonchev–Trinajstić information content (AvgIpc) is 3.07. The molecule has 0 fully saturated rings. The smallest absolute Gasteiger partial charge is 0.241 e. The summed E-state index contributed by atoms with van der Waals surface area (Å²) in [5, 5.41) is 1.23. The molecular formula is C22H27N3O2. The van der Waals surface area contributed by atoms with Gasteiger partial charge in [0.2, 0.25) is 5.91 Å². The highest BCUT2D eigenvalue weighted by Gasteiger charge is 2.49. The molecule has 1 N–H and O–H groups in total. The molecule has 0 spiro atoms. The van der Waals surface area contributed by atoms with Gasteiger partial charge in [-0.25, -0.2) is 0 Å². The number of carbonyl (C=O) groups is 2. The Bertz CT molecular complexity index is 954. The Morgan fingerprint density at radius 3 is 2.70 bits per heavy atom. The van der Waals surface area contributed by atoms with Crippen LogP contribution < -0.4 is 0 Å². The third-order valence-corrected chi connectivity index (χ3v) is 6.36. The number of carbonyl (C=O) groups excluding carboxylic acids is 2. The molecule has 0 radical (unpaired) electrons. The number of Topliss-reactive ketones (excluding diaryl/α,β-unsaturated/α-hetero) is 1. The van der Waals surface area contributed by atoms with Crippen LogP contribution in [-0.4, -0.2) is 59.2 Å². The van der Waals surface area contributed by atoms with Gasteiger partial charge < -0.3 is 9.88 Å². The van der Waals surface area contributed by atoms with Gasteiger partial charge in [0.25, 0.3) is 0 Å². The van der Waals surface area contributed by atoms with Gasteiger partial charge in [-0.3, -0.25) is 14.5 Å². The minimum absolute atomic E-state index is 0.0789. The van der Waals surface area contributed by atoms with Gasteiger partial charge in [0, 0.05) is 42.8 Å². The molecule has 2 atom stereocenters. The van der Waals surface area contributed by atoms with E-state index >= 15 is 0 Å². The van der Waals surface area contributed by atoms with E-state index in [2.05, 4.69) is 28.2 Å². The van der Waals surface area contributed by atoms with Gasteiger partial charge >= 0.3 is 0 Å². The van der Waals surface area contributed by atoms with Crippen LogP contribution in [0.5, 0.6) is 0 Å². The maximum absolute atomic E-state index is 13.4. The highest BCUT2D eigenvalue weighted by Crippen LogP contribution is 2.44. The number of ketones is 1. The van der Waals surface area contributed by atoms with Crippen molar-refractivity contribution in [3.8, 4) is 0 Å². The van der Waals surface area contributed by atoms with Gasteiger partial charge in [0.15, 0.2) is 0 Å². The second-order valence-electron chi connectivity index (χ2n) is 7.78. The number of amides is 1. The third-order valence-electron chi connectivity index (χ3n) is 6.36. The number of H-pyrrole nitrogens is 1.